The number of ether oxygens (including phenoxy) is 2. The van der Waals surface area contributed by atoms with Crippen LogP contribution in [-0.4, -0.2) is 18.4 Å². The molecule has 94 valence electrons. The minimum atomic E-state index is 0.354. The smallest absolute Gasteiger partial charge is 0.169 e. The molecule has 1 aromatic carbocycles. The summed E-state index contributed by atoms with van der Waals surface area (Å²) in [6, 6.07) is 7.37. The van der Waals surface area contributed by atoms with E-state index < -0.39 is 0 Å². The molecule has 18 heavy (non-hydrogen) atoms. The Kier molecular flexibility index (Phi) is 3.94. The van der Waals surface area contributed by atoms with Gasteiger partial charge in [-0.2, -0.15) is 0 Å². The zero-order valence-corrected chi connectivity index (χ0v) is 11.0. The maximum absolute atomic E-state index is 10.7. The maximum Gasteiger partial charge on any atom is 0.169 e. The van der Waals surface area contributed by atoms with Crippen LogP contribution in [0.4, 0.5) is 0 Å². The molecule has 0 aliphatic rings. The van der Waals surface area contributed by atoms with Crippen LogP contribution in [0.25, 0.3) is 0 Å². The minimum Gasteiger partial charge on any atom is -0.497 e. The van der Waals surface area contributed by atoms with Crippen LogP contribution in [0.1, 0.15) is 20.4 Å². The molecule has 1 heterocycles. The van der Waals surface area contributed by atoms with Crippen molar-refractivity contribution < 1.29 is 14.3 Å². The van der Waals surface area contributed by atoms with Gasteiger partial charge in [-0.3, -0.25) is 4.79 Å². The Bertz CT molecular complexity index is 551. The molecule has 0 aliphatic carbocycles. The van der Waals surface area contributed by atoms with E-state index in [1.54, 1.807) is 13.2 Å². The van der Waals surface area contributed by atoms with Gasteiger partial charge in [-0.1, -0.05) is 6.07 Å². The third kappa shape index (κ3) is 2.87. The zero-order chi connectivity index (χ0) is 13.0. The lowest BCUT2D eigenvalue weighted by Crippen LogP contribution is -1.95. The fourth-order valence-corrected chi connectivity index (χ4v) is 2.29. The Morgan fingerprint density at radius 1 is 1.39 bits per heavy atom. The van der Waals surface area contributed by atoms with Crippen LogP contribution in [0.2, 0.25) is 0 Å². The monoisotopic (exact) mass is 263 g/mol. The summed E-state index contributed by atoms with van der Waals surface area (Å²) in [4.78, 5) is 15.8. The average Bonchev–Trinajstić information content (AvgIpc) is 2.77. The van der Waals surface area contributed by atoms with E-state index in [0.717, 1.165) is 27.7 Å². The van der Waals surface area contributed by atoms with Crippen LogP contribution in [0.5, 0.6) is 11.5 Å². The second-order valence-corrected chi connectivity index (χ2v) is 4.92. The number of hydrogen-bond acceptors (Lipinski definition) is 5. The molecule has 0 aliphatic heterocycles. The number of methoxy groups -OCH3 is 1. The van der Waals surface area contributed by atoms with Crippen molar-refractivity contribution in [2.24, 2.45) is 0 Å². The topological polar surface area (TPSA) is 48.4 Å². The van der Waals surface area contributed by atoms with Crippen molar-refractivity contribution >= 4 is 17.6 Å². The largest absolute Gasteiger partial charge is 0.497 e. The number of thiazole rings is 1. The van der Waals surface area contributed by atoms with Gasteiger partial charge in [0.05, 0.1) is 7.11 Å². The minimum absolute atomic E-state index is 0.354. The van der Waals surface area contributed by atoms with Gasteiger partial charge >= 0.3 is 0 Å². The Labute approximate surface area is 109 Å². The normalized spacial score (nSPS) is 10.1. The van der Waals surface area contributed by atoms with Crippen LogP contribution in [-0.2, 0) is 6.61 Å². The van der Waals surface area contributed by atoms with E-state index in [9.17, 15) is 4.79 Å². The van der Waals surface area contributed by atoms with Gasteiger partial charge in [0.1, 0.15) is 28.8 Å². The molecular weight excluding hydrogens is 250 g/mol. The predicted octanol–water partition coefficient (Wildman–Crippen LogP) is 2.85. The molecule has 0 saturated heterocycles. The molecule has 5 heteroatoms. The summed E-state index contributed by atoms with van der Waals surface area (Å²) >= 11 is 1.47. The number of hydrogen-bond donors (Lipinski definition) is 0. The molecule has 0 fully saturated rings. The lowest BCUT2D eigenvalue weighted by molar-refractivity contribution is 0.111. The van der Waals surface area contributed by atoms with Crippen LogP contribution in [0, 0.1) is 6.92 Å². The second kappa shape index (κ2) is 5.64. The van der Waals surface area contributed by atoms with Crippen molar-refractivity contribution in [2.75, 3.05) is 7.11 Å². The first-order chi connectivity index (χ1) is 8.72. The standard InChI is InChI=1S/C13H13NO3S/c1-9-12(7-15)14-13(18-9)8-17-11-5-3-4-10(6-11)16-2/h3-7H,8H2,1-2H3. The number of rotatable bonds is 5. The van der Waals surface area contributed by atoms with E-state index in [2.05, 4.69) is 4.98 Å². The van der Waals surface area contributed by atoms with Crippen LogP contribution in [0.3, 0.4) is 0 Å². The fraction of sp³-hybridized carbons (Fsp3) is 0.231. The molecule has 1 aromatic heterocycles. The quantitative estimate of drug-likeness (QED) is 0.778. The predicted molar refractivity (Wildman–Crippen MR) is 69.6 cm³/mol. The van der Waals surface area contributed by atoms with E-state index in [1.165, 1.54) is 11.3 Å². The highest BCUT2D eigenvalue weighted by Gasteiger charge is 2.07. The molecular formula is C13H13NO3S. The maximum atomic E-state index is 10.7. The van der Waals surface area contributed by atoms with Crippen LogP contribution >= 0.6 is 11.3 Å². The van der Waals surface area contributed by atoms with Crippen LogP contribution in [0.15, 0.2) is 24.3 Å². The first-order valence-corrected chi connectivity index (χ1v) is 6.23. The summed E-state index contributed by atoms with van der Waals surface area (Å²) in [5.74, 6) is 1.46. The Morgan fingerprint density at radius 3 is 2.83 bits per heavy atom. The molecule has 0 atom stereocenters. The molecule has 0 unspecified atom stereocenters. The number of aromatic nitrogens is 1. The van der Waals surface area contributed by atoms with Crippen molar-refractivity contribution in [3.8, 4) is 11.5 Å². The molecule has 0 radical (unpaired) electrons. The highest BCUT2D eigenvalue weighted by molar-refractivity contribution is 7.11. The summed E-state index contributed by atoms with van der Waals surface area (Å²) in [7, 11) is 1.61. The van der Waals surface area contributed by atoms with E-state index in [1.807, 2.05) is 25.1 Å². The number of aldehydes is 1. The lowest BCUT2D eigenvalue weighted by atomic mass is 10.3. The first kappa shape index (κ1) is 12.6. The van der Waals surface area contributed by atoms with E-state index in [-0.39, 0.29) is 0 Å². The Balaban J connectivity index is 2.03. The van der Waals surface area contributed by atoms with Crippen molar-refractivity contribution in [1.29, 1.82) is 0 Å². The lowest BCUT2D eigenvalue weighted by Gasteiger charge is -2.05. The second-order valence-electron chi connectivity index (χ2n) is 3.63. The summed E-state index contributed by atoms with van der Waals surface area (Å²) in [5.41, 5.74) is 0.490. The zero-order valence-electron chi connectivity index (χ0n) is 10.2. The third-order valence-corrected chi connectivity index (χ3v) is 3.35. The van der Waals surface area contributed by atoms with Crippen molar-refractivity contribution in [3.63, 3.8) is 0 Å². The van der Waals surface area contributed by atoms with Crippen molar-refractivity contribution in [1.82, 2.24) is 4.98 Å². The molecule has 0 spiro atoms. The van der Waals surface area contributed by atoms with Crippen molar-refractivity contribution in [2.45, 2.75) is 13.5 Å². The van der Waals surface area contributed by atoms with Crippen LogP contribution < -0.4 is 9.47 Å². The molecule has 2 aromatic rings. The molecule has 0 amide bonds. The highest BCUT2D eigenvalue weighted by atomic mass is 32.1. The number of carbonyl (C=O) groups excluding carboxylic acids is 1. The molecule has 2 rings (SSSR count). The molecule has 4 nitrogen and oxygen atoms in total. The highest BCUT2D eigenvalue weighted by Crippen LogP contribution is 2.22. The number of benzene rings is 1. The number of aryl methyl sites for hydroxylation is 1. The van der Waals surface area contributed by atoms with Gasteiger partial charge in [-0.15, -0.1) is 11.3 Å². The molecule has 0 N–H and O–H groups in total. The number of carbonyl (C=O) groups is 1. The van der Waals surface area contributed by atoms with Crippen molar-refractivity contribution in [3.05, 3.63) is 39.8 Å². The summed E-state index contributed by atoms with van der Waals surface area (Å²) in [6.07, 6.45) is 0.765. The van der Waals surface area contributed by atoms with Gasteiger partial charge in [0.2, 0.25) is 0 Å². The molecule has 0 saturated carbocycles. The van der Waals surface area contributed by atoms with Gasteiger partial charge < -0.3 is 9.47 Å². The summed E-state index contributed by atoms with van der Waals surface area (Å²) in [6.45, 7) is 2.23. The fourth-order valence-electron chi connectivity index (χ4n) is 1.47. The van der Waals surface area contributed by atoms with Gasteiger partial charge in [0.25, 0.3) is 0 Å². The summed E-state index contributed by atoms with van der Waals surface area (Å²) in [5, 5.41) is 0.789. The third-order valence-electron chi connectivity index (χ3n) is 2.39. The van der Waals surface area contributed by atoms with E-state index in [4.69, 9.17) is 9.47 Å². The number of nitrogens with zero attached hydrogens (tertiary/aromatic N) is 1. The first-order valence-electron chi connectivity index (χ1n) is 5.41. The van der Waals surface area contributed by atoms with Gasteiger partial charge in [0.15, 0.2) is 6.29 Å². The van der Waals surface area contributed by atoms with Gasteiger partial charge in [-0.05, 0) is 19.1 Å². The van der Waals surface area contributed by atoms with E-state index >= 15 is 0 Å². The Hall–Kier alpha value is -1.88. The van der Waals surface area contributed by atoms with Gasteiger partial charge in [-0.25, -0.2) is 4.98 Å². The molecule has 0 bridgehead atoms. The van der Waals surface area contributed by atoms with E-state index in [0.29, 0.717) is 12.3 Å². The Morgan fingerprint density at radius 2 is 2.17 bits per heavy atom. The average molecular weight is 263 g/mol. The van der Waals surface area contributed by atoms with Gasteiger partial charge in [0, 0.05) is 10.9 Å². The SMILES string of the molecule is COc1cccc(OCc2nc(C=O)c(C)s2)c1. The summed E-state index contributed by atoms with van der Waals surface area (Å²) < 4.78 is 10.7.